The maximum absolute atomic E-state index is 12.2. The molecule has 3 atom stereocenters. The van der Waals surface area contributed by atoms with E-state index in [0.29, 0.717) is 19.2 Å². The molecule has 16 heavy (non-hydrogen) atoms. The number of morpholine rings is 1. The molecule has 0 aromatic carbocycles. The van der Waals surface area contributed by atoms with Gasteiger partial charge in [0.05, 0.1) is 6.61 Å². The lowest BCUT2D eigenvalue weighted by atomic mass is 10.1. The van der Waals surface area contributed by atoms with Crippen LogP contribution in [-0.4, -0.2) is 49.2 Å². The zero-order valence-corrected chi connectivity index (χ0v) is 10.2. The van der Waals surface area contributed by atoms with Gasteiger partial charge >= 0.3 is 0 Å². The van der Waals surface area contributed by atoms with E-state index < -0.39 is 0 Å². The number of nitrogens with zero attached hydrogens (tertiary/aromatic N) is 1. The number of halogens is 1. The van der Waals surface area contributed by atoms with Gasteiger partial charge in [0, 0.05) is 25.7 Å². The molecule has 1 saturated carbocycles. The van der Waals surface area contributed by atoms with Gasteiger partial charge in [0.2, 0.25) is 0 Å². The van der Waals surface area contributed by atoms with E-state index in [9.17, 15) is 4.79 Å². The van der Waals surface area contributed by atoms with Crippen LogP contribution in [0, 0.1) is 5.92 Å². The minimum atomic E-state index is -0.224. The van der Waals surface area contributed by atoms with Crippen molar-refractivity contribution in [3.8, 4) is 0 Å². The number of likely N-dealkylation sites (tertiary alicyclic amines) is 1. The average Bonchev–Trinajstić information content (AvgIpc) is 2.91. The Morgan fingerprint density at radius 2 is 2.25 bits per heavy atom. The number of hydrogen-bond donors (Lipinski definition) is 1. The Morgan fingerprint density at radius 3 is 2.81 bits per heavy atom. The molecule has 3 fully saturated rings. The highest BCUT2D eigenvalue weighted by atomic mass is 35.5. The van der Waals surface area contributed by atoms with Crippen LogP contribution in [-0.2, 0) is 9.53 Å². The van der Waals surface area contributed by atoms with Gasteiger partial charge in [-0.3, -0.25) is 4.79 Å². The molecule has 0 spiro atoms. The van der Waals surface area contributed by atoms with Crippen molar-refractivity contribution in [1.82, 2.24) is 10.2 Å². The van der Waals surface area contributed by atoms with E-state index in [-0.39, 0.29) is 24.4 Å². The van der Waals surface area contributed by atoms with Crippen molar-refractivity contribution in [2.75, 3.05) is 26.2 Å². The highest BCUT2D eigenvalue weighted by molar-refractivity contribution is 5.85. The first kappa shape index (κ1) is 12.1. The summed E-state index contributed by atoms with van der Waals surface area (Å²) in [4.78, 5) is 14.2. The molecule has 4 nitrogen and oxygen atoms in total. The van der Waals surface area contributed by atoms with Crippen LogP contribution in [0.15, 0.2) is 0 Å². The number of hydrogen-bond acceptors (Lipinski definition) is 3. The van der Waals surface area contributed by atoms with E-state index >= 15 is 0 Å². The molecule has 1 aliphatic carbocycles. The van der Waals surface area contributed by atoms with Gasteiger partial charge in [-0.2, -0.15) is 0 Å². The van der Waals surface area contributed by atoms with Crippen LogP contribution in [0.3, 0.4) is 0 Å². The molecule has 2 heterocycles. The lowest BCUT2D eigenvalue weighted by Crippen LogP contribution is -2.51. The fraction of sp³-hybridized carbons (Fsp3) is 0.909. The molecule has 2 bridgehead atoms. The minimum absolute atomic E-state index is 0. The summed E-state index contributed by atoms with van der Waals surface area (Å²) in [6.07, 6.45) is 3.53. The summed E-state index contributed by atoms with van der Waals surface area (Å²) in [6.45, 7) is 3.20. The third-order valence-corrected chi connectivity index (χ3v) is 3.90. The lowest BCUT2D eigenvalue weighted by molar-refractivity contribution is -0.146. The van der Waals surface area contributed by atoms with Crippen LogP contribution in [0.4, 0.5) is 0 Å². The predicted molar refractivity (Wildman–Crippen MR) is 62.7 cm³/mol. The van der Waals surface area contributed by atoms with Gasteiger partial charge in [-0.1, -0.05) is 0 Å². The summed E-state index contributed by atoms with van der Waals surface area (Å²) in [6, 6.07) is 0.521. The maximum Gasteiger partial charge on any atom is 0.253 e. The molecular formula is C11H19ClN2O2. The second-order valence-electron chi connectivity index (χ2n) is 4.89. The number of nitrogens with one attached hydrogen (secondary N) is 1. The molecule has 92 valence electrons. The molecule has 0 radical (unpaired) electrons. The topological polar surface area (TPSA) is 41.6 Å². The third-order valence-electron chi connectivity index (χ3n) is 3.90. The Bertz CT molecular complexity index is 269. The van der Waals surface area contributed by atoms with Crippen LogP contribution in [0.5, 0.6) is 0 Å². The quantitative estimate of drug-likeness (QED) is 0.729. The molecule has 0 aromatic rings. The van der Waals surface area contributed by atoms with Crippen molar-refractivity contribution < 1.29 is 9.53 Å². The zero-order valence-electron chi connectivity index (χ0n) is 9.35. The van der Waals surface area contributed by atoms with Crippen molar-refractivity contribution in [3.05, 3.63) is 0 Å². The maximum atomic E-state index is 12.2. The van der Waals surface area contributed by atoms with Crippen molar-refractivity contribution in [1.29, 1.82) is 0 Å². The van der Waals surface area contributed by atoms with E-state index in [0.717, 1.165) is 19.0 Å². The molecule has 0 aromatic heterocycles. The number of rotatable bonds is 1. The Balaban J connectivity index is 0.000000963. The first-order valence-corrected chi connectivity index (χ1v) is 5.97. The third kappa shape index (κ3) is 2.06. The van der Waals surface area contributed by atoms with E-state index in [1.165, 1.54) is 19.3 Å². The predicted octanol–water partition coefficient (Wildman–Crippen LogP) is 0.407. The normalized spacial score (nSPS) is 37.2. The van der Waals surface area contributed by atoms with Gasteiger partial charge in [0.1, 0.15) is 6.10 Å². The largest absolute Gasteiger partial charge is 0.366 e. The van der Waals surface area contributed by atoms with Crippen LogP contribution in [0.2, 0.25) is 0 Å². The second kappa shape index (κ2) is 4.90. The summed E-state index contributed by atoms with van der Waals surface area (Å²) in [7, 11) is 0. The van der Waals surface area contributed by atoms with Gasteiger partial charge < -0.3 is 15.0 Å². The fourth-order valence-corrected chi connectivity index (χ4v) is 3.10. The van der Waals surface area contributed by atoms with Gasteiger partial charge in [0.25, 0.3) is 5.91 Å². The highest BCUT2D eigenvalue weighted by Crippen LogP contribution is 2.37. The smallest absolute Gasteiger partial charge is 0.253 e. The number of amides is 1. The van der Waals surface area contributed by atoms with Crippen LogP contribution in [0.1, 0.15) is 19.3 Å². The number of piperidine rings is 1. The van der Waals surface area contributed by atoms with E-state index in [1.54, 1.807) is 0 Å². The van der Waals surface area contributed by atoms with Gasteiger partial charge in [-0.15, -0.1) is 12.4 Å². The first-order chi connectivity index (χ1) is 7.34. The fourth-order valence-electron chi connectivity index (χ4n) is 3.10. The van der Waals surface area contributed by atoms with Crippen molar-refractivity contribution >= 4 is 18.3 Å². The highest BCUT2D eigenvalue weighted by Gasteiger charge is 2.42. The monoisotopic (exact) mass is 246 g/mol. The van der Waals surface area contributed by atoms with E-state index in [2.05, 4.69) is 10.2 Å². The molecular weight excluding hydrogens is 228 g/mol. The minimum Gasteiger partial charge on any atom is -0.366 e. The zero-order chi connectivity index (χ0) is 10.3. The molecule has 3 rings (SSSR count). The Morgan fingerprint density at radius 1 is 1.38 bits per heavy atom. The molecule has 1 N–H and O–H groups in total. The van der Waals surface area contributed by atoms with Crippen LogP contribution >= 0.6 is 12.4 Å². The van der Waals surface area contributed by atoms with E-state index in [1.807, 2.05) is 0 Å². The molecule has 1 amide bonds. The van der Waals surface area contributed by atoms with Gasteiger partial charge in [-0.25, -0.2) is 0 Å². The summed E-state index contributed by atoms with van der Waals surface area (Å²) in [5, 5.41) is 3.21. The number of fused-ring (bicyclic) bond motifs is 2. The molecule has 5 heteroatoms. The Labute approximate surface area is 102 Å². The van der Waals surface area contributed by atoms with E-state index in [4.69, 9.17) is 4.74 Å². The number of ether oxygens (including phenoxy) is 1. The first-order valence-electron chi connectivity index (χ1n) is 5.97. The van der Waals surface area contributed by atoms with Crippen molar-refractivity contribution in [3.63, 3.8) is 0 Å². The average molecular weight is 247 g/mol. The molecule has 3 aliphatic rings. The Kier molecular flexibility index (Phi) is 3.72. The number of carbonyl (C=O) groups is 1. The molecule has 2 aliphatic heterocycles. The van der Waals surface area contributed by atoms with Crippen LogP contribution < -0.4 is 5.32 Å². The number of carbonyl (C=O) groups excluding carboxylic acids is 1. The van der Waals surface area contributed by atoms with Gasteiger partial charge in [0.15, 0.2) is 0 Å². The van der Waals surface area contributed by atoms with Crippen LogP contribution in [0.25, 0.3) is 0 Å². The summed E-state index contributed by atoms with van der Waals surface area (Å²) >= 11 is 0. The molecule has 3 unspecified atom stereocenters. The Hall–Kier alpha value is -0.320. The SMILES string of the molecule is Cl.O=C(C1CNCCO1)N1CC2CCC1C2. The lowest BCUT2D eigenvalue weighted by Gasteiger charge is -2.32. The summed E-state index contributed by atoms with van der Waals surface area (Å²) in [5.41, 5.74) is 0. The van der Waals surface area contributed by atoms with Crippen molar-refractivity contribution in [2.24, 2.45) is 5.92 Å². The van der Waals surface area contributed by atoms with Gasteiger partial charge in [-0.05, 0) is 25.2 Å². The summed E-state index contributed by atoms with van der Waals surface area (Å²) < 4.78 is 5.51. The van der Waals surface area contributed by atoms with Crippen molar-refractivity contribution in [2.45, 2.75) is 31.4 Å². The molecule has 2 saturated heterocycles. The standard InChI is InChI=1S/C11H18N2O2.ClH/c14-11(10-6-12-3-4-15-10)13-7-8-1-2-9(13)5-8;/h8-10,12H,1-7H2;1H. The second-order valence-corrected chi connectivity index (χ2v) is 4.89. The summed E-state index contributed by atoms with van der Waals surface area (Å²) in [5.74, 6) is 0.991.